The first-order valence-electron chi connectivity index (χ1n) is 12.7. The SMILES string of the molecule is NCCCn1ccc2cccc(C(=O)N3CC[C@H](CN4CCC(c5ccc(F)cc5)CC4)C3)c21. The van der Waals surface area contributed by atoms with E-state index in [4.69, 9.17) is 5.73 Å². The Hall–Kier alpha value is -2.70. The summed E-state index contributed by atoms with van der Waals surface area (Å²) in [7, 11) is 0. The van der Waals surface area contributed by atoms with Crippen LogP contribution >= 0.6 is 0 Å². The molecule has 5 rings (SSSR count). The highest BCUT2D eigenvalue weighted by atomic mass is 19.1. The molecule has 1 amide bonds. The van der Waals surface area contributed by atoms with Crippen LogP contribution < -0.4 is 5.73 Å². The van der Waals surface area contributed by atoms with E-state index in [2.05, 4.69) is 27.8 Å². The zero-order valence-electron chi connectivity index (χ0n) is 19.8. The molecule has 1 atom stereocenters. The van der Waals surface area contributed by atoms with Crippen LogP contribution in [0.2, 0.25) is 0 Å². The van der Waals surface area contributed by atoms with Crippen LogP contribution in [0.3, 0.4) is 0 Å². The molecule has 0 bridgehead atoms. The van der Waals surface area contributed by atoms with Gasteiger partial charge in [0.25, 0.3) is 5.91 Å². The van der Waals surface area contributed by atoms with Crippen molar-refractivity contribution in [3.05, 3.63) is 71.7 Å². The normalized spacial score (nSPS) is 19.8. The molecule has 2 saturated heterocycles. The third kappa shape index (κ3) is 4.89. The number of nitrogens with zero attached hydrogens (tertiary/aromatic N) is 3. The van der Waals surface area contributed by atoms with Crippen LogP contribution in [0.1, 0.15) is 47.5 Å². The maximum absolute atomic E-state index is 13.5. The number of hydrogen-bond donors (Lipinski definition) is 1. The Morgan fingerprint density at radius 1 is 1.00 bits per heavy atom. The molecular weight excluding hydrogens is 427 g/mol. The zero-order chi connectivity index (χ0) is 23.5. The Labute approximate surface area is 201 Å². The second kappa shape index (κ2) is 10.3. The van der Waals surface area contributed by atoms with Crippen LogP contribution in [0.15, 0.2) is 54.7 Å². The van der Waals surface area contributed by atoms with Crippen molar-refractivity contribution in [3.8, 4) is 0 Å². The third-order valence-corrected chi connectivity index (χ3v) is 7.64. The van der Waals surface area contributed by atoms with Crippen molar-refractivity contribution in [2.45, 2.75) is 38.1 Å². The molecule has 0 radical (unpaired) electrons. The van der Waals surface area contributed by atoms with E-state index in [0.717, 1.165) is 81.4 Å². The monoisotopic (exact) mass is 462 g/mol. The molecule has 2 aliphatic heterocycles. The van der Waals surface area contributed by atoms with Crippen molar-refractivity contribution in [2.75, 3.05) is 39.3 Å². The lowest BCUT2D eigenvalue weighted by molar-refractivity contribution is 0.0783. The Morgan fingerprint density at radius 2 is 1.79 bits per heavy atom. The van der Waals surface area contributed by atoms with E-state index < -0.39 is 0 Å². The molecule has 5 nitrogen and oxygen atoms in total. The highest BCUT2D eigenvalue weighted by molar-refractivity contribution is 6.06. The number of carbonyl (C=O) groups is 1. The smallest absolute Gasteiger partial charge is 0.256 e. The number of amides is 1. The molecule has 2 N–H and O–H groups in total. The van der Waals surface area contributed by atoms with Crippen molar-refractivity contribution in [1.82, 2.24) is 14.4 Å². The molecular formula is C28H35FN4O. The summed E-state index contributed by atoms with van der Waals surface area (Å²) in [4.78, 5) is 18.1. The van der Waals surface area contributed by atoms with Gasteiger partial charge in [0.05, 0.1) is 11.1 Å². The molecule has 2 aliphatic rings. The predicted molar refractivity (Wildman–Crippen MR) is 134 cm³/mol. The number of nitrogens with two attached hydrogens (primary N) is 1. The number of rotatable bonds is 7. The van der Waals surface area contributed by atoms with Crippen LogP contribution in [-0.2, 0) is 6.54 Å². The van der Waals surface area contributed by atoms with Crippen LogP contribution in [0.25, 0.3) is 10.9 Å². The van der Waals surface area contributed by atoms with Gasteiger partial charge in [0.2, 0.25) is 0 Å². The largest absolute Gasteiger partial charge is 0.347 e. The number of para-hydroxylation sites is 1. The van der Waals surface area contributed by atoms with Gasteiger partial charge < -0.3 is 20.1 Å². The van der Waals surface area contributed by atoms with Gasteiger partial charge in [0.1, 0.15) is 5.82 Å². The molecule has 0 unspecified atom stereocenters. The van der Waals surface area contributed by atoms with Gasteiger partial charge in [-0.15, -0.1) is 0 Å². The second-order valence-corrected chi connectivity index (χ2v) is 9.93. The molecule has 3 aromatic rings. The van der Waals surface area contributed by atoms with Gasteiger partial charge in [-0.25, -0.2) is 4.39 Å². The molecule has 1 aromatic heterocycles. The average molecular weight is 463 g/mol. The van der Waals surface area contributed by atoms with Crippen molar-refractivity contribution >= 4 is 16.8 Å². The summed E-state index contributed by atoms with van der Waals surface area (Å²) in [6.45, 7) is 6.33. The van der Waals surface area contributed by atoms with E-state index in [9.17, 15) is 9.18 Å². The van der Waals surface area contributed by atoms with Crippen molar-refractivity contribution in [3.63, 3.8) is 0 Å². The second-order valence-electron chi connectivity index (χ2n) is 9.93. The van der Waals surface area contributed by atoms with Gasteiger partial charge >= 0.3 is 0 Å². The number of hydrogen-bond acceptors (Lipinski definition) is 3. The maximum atomic E-state index is 13.5. The summed E-state index contributed by atoms with van der Waals surface area (Å²) in [5.41, 5.74) is 8.81. The van der Waals surface area contributed by atoms with E-state index in [1.54, 1.807) is 12.1 Å². The highest BCUT2D eigenvalue weighted by Crippen LogP contribution is 2.30. The fourth-order valence-electron chi connectivity index (χ4n) is 5.77. The average Bonchev–Trinajstić information content (AvgIpc) is 3.50. The molecule has 180 valence electrons. The summed E-state index contributed by atoms with van der Waals surface area (Å²) in [6.07, 6.45) is 6.26. The van der Waals surface area contributed by atoms with Crippen LogP contribution in [0.4, 0.5) is 4.39 Å². The van der Waals surface area contributed by atoms with E-state index in [0.29, 0.717) is 18.4 Å². The van der Waals surface area contributed by atoms with E-state index >= 15 is 0 Å². The van der Waals surface area contributed by atoms with Gasteiger partial charge in [-0.05, 0) is 87.0 Å². The number of piperidine rings is 1. The number of likely N-dealkylation sites (tertiary alicyclic amines) is 2. The molecule has 3 heterocycles. The summed E-state index contributed by atoms with van der Waals surface area (Å²) >= 11 is 0. The lowest BCUT2D eigenvalue weighted by Gasteiger charge is -2.33. The minimum Gasteiger partial charge on any atom is -0.347 e. The van der Waals surface area contributed by atoms with Crippen LogP contribution in [0, 0.1) is 11.7 Å². The predicted octanol–water partition coefficient (Wildman–Crippen LogP) is 4.47. The quantitative estimate of drug-likeness (QED) is 0.564. The summed E-state index contributed by atoms with van der Waals surface area (Å²) in [5.74, 6) is 1.03. The minimum atomic E-state index is -0.165. The minimum absolute atomic E-state index is 0.149. The number of aromatic nitrogens is 1. The van der Waals surface area contributed by atoms with Gasteiger partial charge in [0.15, 0.2) is 0 Å². The third-order valence-electron chi connectivity index (χ3n) is 7.64. The number of benzene rings is 2. The standard InChI is InChI=1S/C28H35FN4O/c29-25-7-5-22(6-8-25)23-10-15-31(16-11-23)19-21-9-17-33(20-21)28(34)26-4-1-3-24-12-18-32(27(24)26)14-2-13-30/h1,3-8,12,18,21,23H,2,9-11,13-17,19-20,30H2/t21-/m1/s1. The van der Waals surface area contributed by atoms with E-state index in [1.807, 2.05) is 29.2 Å². The molecule has 34 heavy (non-hydrogen) atoms. The summed E-state index contributed by atoms with van der Waals surface area (Å²) in [5, 5.41) is 1.11. The Morgan fingerprint density at radius 3 is 2.56 bits per heavy atom. The number of halogens is 1. The van der Waals surface area contributed by atoms with Crippen molar-refractivity contribution in [2.24, 2.45) is 11.7 Å². The lowest BCUT2D eigenvalue weighted by Crippen LogP contribution is -2.38. The molecule has 2 fully saturated rings. The summed E-state index contributed by atoms with van der Waals surface area (Å²) < 4.78 is 15.4. The molecule has 6 heteroatoms. The number of aryl methyl sites for hydroxylation is 1. The summed E-state index contributed by atoms with van der Waals surface area (Å²) in [6, 6.07) is 15.1. The van der Waals surface area contributed by atoms with Gasteiger partial charge in [-0.1, -0.05) is 24.3 Å². The zero-order valence-corrected chi connectivity index (χ0v) is 19.8. The molecule has 0 saturated carbocycles. The Bertz CT molecular complexity index is 1120. The first-order chi connectivity index (χ1) is 16.6. The van der Waals surface area contributed by atoms with Gasteiger partial charge in [-0.2, -0.15) is 0 Å². The molecule has 2 aromatic carbocycles. The fourth-order valence-corrected chi connectivity index (χ4v) is 5.77. The van der Waals surface area contributed by atoms with Gasteiger partial charge in [0, 0.05) is 37.8 Å². The lowest BCUT2D eigenvalue weighted by atomic mass is 9.89. The molecule has 0 spiro atoms. The van der Waals surface area contributed by atoms with E-state index in [-0.39, 0.29) is 11.7 Å². The Kier molecular flexibility index (Phi) is 6.97. The highest BCUT2D eigenvalue weighted by Gasteiger charge is 2.30. The van der Waals surface area contributed by atoms with Crippen LogP contribution in [0.5, 0.6) is 0 Å². The Balaban J connectivity index is 1.18. The number of fused-ring (bicyclic) bond motifs is 1. The first-order valence-corrected chi connectivity index (χ1v) is 12.7. The maximum Gasteiger partial charge on any atom is 0.256 e. The number of carbonyl (C=O) groups excluding carboxylic acids is 1. The van der Waals surface area contributed by atoms with Crippen molar-refractivity contribution in [1.29, 1.82) is 0 Å². The van der Waals surface area contributed by atoms with Crippen molar-refractivity contribution < 1.29 is 9.18 Å². The molecule has 0 aliphatic carbocycles. The van der Waals surface area contributed by atoms with Crippen LogP contribution in [-0.4, -0.2) is 59.5 Å². The first kappa shape index (κ1) is 23.1. The van der Waals surface area contributed by atoms with Gasteiger partial charge in [-0.3, -0.25) is 4.79 Å². The fraction of sp³-hybridized carbons (Fsp3) is 0.464. The van der Waals surface area contributed by atoms with E-state index in [1.165, 1.54) is 5.56 Å². The topological polar surface area (TPSA) is 54.5 Å².